The van der Waals surface area contributed by atoms with Gasteiger partial charge in [0.2, 0.25) is 11.8 Å². The molecule has 144 valence electrons. The third-order valence-electron chi connectivity index (χ3n) is 5.70. The molecule has 1 N–H and O–H groups in total. The Morgan fingerprint density at radius 2 is 1.88 bits per heavy atom. The molecule has 1 aromatic rings. The molecule has 1 unspecified atom stereocenters. The van der Waals surface area contributed by atoms with Gasteiger partial charge in [-0.05, 0) is 50.9 Å². The number of likely N-dealkylation sites (tertiary alicyclic amines) is 1. The van der Waals surface area contributed by atoms with Crippen LogP contribution in [0.5, 0.6) is 0 Å². The summed E-state index contributed by atoms with van der Waals surface area (Å²) in [5.74, 6) is 1.56. The second-order valence-electron chi connectivity index (χ2n) is 7.37. The first-order chi connectivity index (χ1) is 12.6. The van der Waals surface area contributed by atoms with Gasteiger partial charge in [-0.3, -0.25) is 14.5 Å². The summed E-state index contributed by atoms with van der Waals surface area (Å²) < 4.78 is 5.59. The van der Waals surface area contributed by atoms with Crippen LogP contribution in [0.3, 0.4) is 0 Å². The van der Waals surface area contributed by atoms with E-state index in [1.54, 1.807) is 6.26 Å². The molecule has 0 aromatic carbocycles. The van der Waals surface area contributed by atoms with Gasteiger partial charge in [-0.1, -0.05) is 13.8 Å². The van der Waals surface area contributed by atoms with Crippen molar-refractivity contribution < 1.29 is 14.0 Å². The van der Waals surface area contributed by atoms with Gasteiger partial charge in [0.15, 0.2) is 0 Å². The molecule has 1 saturated carbocycles. The van der Waals surface area contributed by atoms with Gasteiger partial charge in [0.1, 0.15) is 5.76 Å². The zero-order valence-electron chi connectivity index (χ0n) is 15.9. The molecule has 0 bridgehead atoms. The number of rotatable bonds is 8. The number of nitrogens with one attached hydrogen (secondary N) is 1. The first kappa shape index (κ1) is 19.0. The van der Waals surface area contributed by atoms with E-state index in [4.69, 9.17) is 4.42 Å². The molecule has 1 aliphatic carbocycles. The molecular weight excluding hydrogens is 330 g/mol. The molecule has 2 amide bonds. The number of likely N-dealkylation sites (N-methyl/N-ethyl adjacent to an activating group) is 1. The van der Waals surface area contributed by atoms with Crippen molar-refractivity contribution in [1.82, 2.24) is 15.1 Å². The minimum atomic E-state index is 0.00667. The highest BCUT2D eigenvalue weighted by molar-refractivity contribution is 5.82. The van der Waals surface area contributed by atoms with Crippen LogP contribution in [0.4, 0.5) is 0 Å². The molecule has 2 fully saturated rings. The Labute approximate surface area is 155 Å². The van der Waals surface area contributed by atoms with E-state index in [1.165, 1.54) is 0 Å². The van der Waals surface area contributed by atoms with Crippen molar-refractivity contribution >= 4 is 11.8 Å². The van der Waals surface area contributed by atoms with Crippen molar-refractivity contribution in [3.8, 4) is 0 Å². The molecule has 1 aliphatic heterocycles. The van der Waals surface area contributed by atoms with Gasteiger partial charge in [0.05, 0.1) is 12.3 Å². The zero-order chi connectivity index (χ0) is 18.5. The van der Waals surface area contributed by atoms with Gasteiger partial charge in [-0.15, -0.1) is 0 Å². The van der Waals surface area contributed by atoms with E-state index in [9.17, 15) is 9.59 Å². The molecule has 3 rings (SSSR count). The van der Waals surface area contributed by atoms with Crippen LogP contribution in [0.1, 0.15) is 51.3 Å². The highest BCUT2D eigenvalue weighted by Crippen LogP contribution is 2.32. The van der Waals surface area contributed by atoms with Gasteiger partial charge in [0.25, 0.3) is 0 Å². The van der Waals surface area contributed by atoms with E-state index in [2.05, 4.69) is 24.1 Å². The van der Waals surface area contributed by atoms with Crippen molar-refractivity contribution in [2.24, 2.45) is 11.8 Å². The molecule has 26 heavy (non-hydrogen) atoms. The fraction of sp³-hybridized carbons (Fsp3) is 0.700. The average molecular weight is 361 g/mol. The van der Waals surface area contributed by atoms with Gasteiger partial charge in [-0.25, -0.2) is 0 Å². The highest BCUT2D eigenvalue weighted by atomic mass is 16.3. The molecule has 1 atom stereocenters. The Kier molecular flexibility index (Phi) is 6.35. The number of furan rings is 1. The monoisotopic (exact) mass is 361 g/mol. The average Bonchev–Trinajstić information content (AvgIpc) is 3.39. The van der Waals surface area contributed by atoms with Crippen LogP contribution in [0.15, 0.2) is 22.8 Å². The molecule has 0 spiro atoms. The van der Waals surface area contributed by atoms with Crippen LogP contribution in [-0.2, 0) is 9.59 Å². The Bertz CT molecular complexity index is 585. The molecule has 0 radical (unpaired) electrons. The van der Waals surface area contributed by atoms with E-state index in [1.807, 2.05) is 17.0 Å². The molecule has 1 aromatic heterocycles. The van der Waals surface area contributed by atoms with Crippen LogP contribution in [-0.4, -0.2) is 54.3 Å². The minimum absolute atomic E-state index is 0.00667. The summed E-state index contributed by atoms with van der Waals surface area (Å²) >= 11 is 0. The van der Waals surface area contributed by atoms with E-state index in [0.717, 1.165) is 44.5 Å². The lowest BCUT2D eigenvalue weighted by Gasteiger charge is -2.32. The van der Waals surface area contributed by atoms with Crippen LogP contribution in [0.2, 0.25) is 0 Å². The number of hydrogen-bond donors (Lipinski definition) is 1. The number of amides is 2. The summed E-state index contributed by atoms with van der Waals surface area (Å²) in [7, 11) is 0. The van der Waals surface area contributed by atoms with Crippen molar-refractivity contribution in [2.45, 2.75) is 45.6 Å². The first-order valence-electron chi connectivity index (χ1n) is 9.98. The predicted molar refractivity (Wildman–Crippen MR) is 99.4 cm³/mol. The lowest BCUT2D eigenvalue weighted by molar-refractivity contribution is -0.136. The number of piperidine rings is 1. The quantitative estimate of drug-likeness (QED) is 0.772. The van der Waals surface area contributed by atoms with Crippen molar-refractivity contribution in [2.75, 3.05) is 32.7 Å². The summed E-state index contributed by atoms with van der Waals surface area (Å²) in [6, 6.07) is 3.91. The highest BCUT2D eigenvalue weighted by Gasteiger charge is 2.36. The van der Waals surface area contributed by atoms with E-state index >= 15 is 0 Å². The van der Waals surface area contributed by atoms with E-state index in [0.29, 0.717) is 25.5 Å². The van der Waals surface area contributed by atoms with Gasteiger partial charge >= 0.3 is 0 Å². The van der Waals surface area contributed by atoms with Crippen LogP contribution in [0, 0.1) is 11.8 Å². The minimum Gasteiger partial charge on any atom is -0.468 e. The normalized spacial score (nSPS) is 19.6. The van der Waals surface area contributed by atoms with Crippen LogP contribution in [0.25, 0.3) is 0 Å². The maximum Gasteiger partial charge on any atom is 0.225 e. The van der Waals surface area contributed by atoms with E-state index in [-0.39, 0.29) is 23.8 Å². The second-order valence-corrected chi connectivity index (χ2v) is 7.37. The van der Waals surface area contributed by atoms with Gasteiger partial charge in [0, 0.05) is 31.5 Å². The third kappa shape index (κ3) is 4.47. The van der Waals surface area contributed by atoms with Crippen molar-refractivity contribution in [3.63, 3.8) is 0 Å². The Morgan fingerprint density at radius 3 is 2.42 bits per heavy atom. The summed E-state index contributed by atoms with van der Waals surface area (Å²) in [6.45, 7) is 8.02. The molecule has 1 saturated heterocycles. The van der Waals surface area contributed by atoms with Gasteiger partial charge in [-0.2, -0.15) is 0 Å². The zero-order valence-corrected chi connectivity index (χ0v) is 15.9. The standard InChI is InChI=1S/C20H31N3O3/c1-3-22(4-2)17(18-6-5-13-26-18)14-21-19(24)15-9-11-23(12-10-15)20(25)16-7-8-16/h5-6,13,15-17H,3-4,7-12,14H2,1-2H3,(H,21,24). The third-order valence-corrected chi connectivity index (χ3v) is 5.70. The SMILES string of the molecule is CCN(CC)C(CNC(=O)C1CCN(C(=O)C2CC2)CC1)c1ccco1. The molecular formula is C20H31N3O3. The van der Waals surface area contributed by atoms with Crippen LogP contribution >= 0.6 is 0 Å². The largest absolute Gasteiger partial charge is 0.468 e. The van der Waals surface area contributed by atoms with Crippen molar-refractivity contribution in [3.05, 3.63) is 24.2 Å². The molecule has 2 heterocycles. The van der Waals surface area contributed by atoms with Crippen molar-refractivity contribution in [1.29, 1.82) is 0 Å². The predicted octanol–water partition coefficient (Wildman–Crippen LogP) is 2.43. The lowest BCUT2D eigenvalue weighted by atomic mass is 9.95. The molecule has 6 heteroatoms. The summed E-state index contributed by atoms with van der Waals surface area (Å²) in [5, 5.41) is 3.12. The summed E-state index contributed by atoms with van der Waals surface area (Å²) in [6.07, 6.45) is 5.29. The summed E-state index contributed by atoms with van der Waals surface area (Å²) in [5.41, 5.74) is 0. The summed E-state index contributed by atoms with van der Waals surface area (Å²) in [4.78, 5) is 29.0. The fourth-order valence-corrected chi connectivity index (χ4v) is 3.85. The second kappa shape index (κ2) is 8.71. The topological polar surface area (TPSA) is 65.8 Å². The fourth-order valence-electron chi connectivity index (χ4n) is 3.85. The lowest BCUT2D eigenvalue weighted by Crippen LogP contribution is -2.45. The smallest absolute Gasteiger partial charge is 0.225 e. The maximum absolute atomic E-state index is 12.6. The molecule has 6 nitrogen and oxygen atoms in total. The number of nitrogens with zero attached hydrogens (tertiary/aromatic N) is 2. The Balaban J connectivity index is 1.50. The molecule has 2 aliphatic rings. The number of carbonyl (C=O) groups excluding carboxylic acids is 2. The number of carbonyl (C=O) groups is 2. The maximum atomic E-state index is 12.6. The van der Waals surface area contributed by atoms with Gasteiger partial charge < -0.3 is 14.6 Å². The Hall–Kier alpha value is -1.82. The van der Waals surface area contributed by atoms with E-state index < -0.39 is 0 Å². The van der Waals surface area contributed by atoms with Crippen LogP contribution < -0.4 is 5.32 Å². The first-order valence-corrected chi connectivity index (χ1v) is 9.98. The number of hydrogen-bond acceptors (Lipinski definition) is 4. The Morgan fingerprint density at radius 1 is 1.19 bits per heavy atom.